The molecule has 0 atom stereocenters. The fraction of sp³-hybridized carbons (Fsp3) is 0.217. The Morgan fingerprint density at radius 1 is 1.16 bits per heavy atom. The number of benzene rings is 2. The first-order valence-electron chi connectivity index (χ1n) is 9.72. The Morgan fingerprint density at radius 2 is 1.90 bits per heavy atom. The maximum atomic E-state index is 12.3. The van der Waals surface area contributed by atoms with Crippen LogP contribution in [0, 0.1) is 0 Å². The normalized spacial score (nSPS) is 10.8. The van der Waals surface area contributed by atoms with Gasteiger partial charge < -0.3 is 14.2 Å². The summed E-state index contributed by atoms with van der Waals surface area (Å²) in [5.74, 6) is 1.78. The van der Waals surface area contributed by atoms with Crippen LogP contribution < -0.4 is 19.5 Å². The number of rotatable bonds is 9. The zero-order chi connectivity index (χ0) is 22.2. The average molecular weight is 503 g/mol. The van der Waals surface area contributed by atoms with Gasteiger partial charge in [-0.25, -0.2) is 4.98 Å². The molecule has 0 aliphatic carbocycles. The van der Waals surface area contributed by atoms with E-state index in [1.807, 2.05) is 55.6 Å². The number of nitrogens with one attached hydrogen (secondary N) is 1. The number of nitrogens with zero attached hydrogens (tertiary/aromatic N) is 1. The third-order valence-corrected chi connectivity index (χ3v) is 5.51. The molecule has 6 nitrogen and oxygen atoms in total. The first-order chi connectivity index (χ1) is 15.0. The average Bonchev–Trinajstić information content (AvgIpc) is 3.23. The number of aromatic nitrogens is 1. The molecule has 0 aliphatic rings. The summed E-state index contributed by atoms with van der Waals surface area (Å²) in [7, 11) is 1.58. The fourth-order valence-electron chi connectivity index (χ4n) is 2.79. The van der Waals surface area contributed by atoms with Gasteiger partial charge in [-0.3, -0.25) is 10.1 Å². The van der Waals surface area contributed by atoms with E-state index in [4.69, 9.17) is 14.2 Å². The molecule has 0 spiro atoms. The van der Waals surface area contributed by atoms with E-state index in [1.165, 1.54) is 17.4 Å². The van der Waals surface area contributed by atoms with Gasteiger partial charge in [-0.1, -0.05) is 0 Å². The molecule has 8 heteroatoms. The SMILES string of the molecule is CCOc1ccc(-c2csc(NC(=O)/C=C/c3cc(Br)c(OCC)c(OC)c3)n2)cc1. The minimum absolute atomic E-state index is 0.267. The summed E-state index contributed by atoms with van der Waals surface area (Å²) in [4.78, 5) is 16.8. The van der Waals surface area contributed by atoms with Crippen molar-refractivity contribution >= 4 is 44.4 Å². The number of thiazole rings is 1. The molecular weight excluding hydrogens is 480 g/mol. The molecule has 0 fully saturated rings. The summed E-state index contributed by atoms with van der Waals surface area (Å²) in [5, 5.41) is 5.24. The Morgan fingerprint density at radius 3 is 2.58 bits per heavy atom. The minimum atomic E-state index is -0.267. The number of hydrogen-bond acceptors (Lipinski definition) is 6. The summed E-state index contributed by atoms with van der Waals surface area (Å²) in [6.45, 7) is 5.01. The van der Waals surface area contributed by atoms with Crippen molar-refractivity contribution in [3.8, 4) is 28.5 Å². The number of anilines is 1. The van der Waals surface area contributed by atoms with Crippen LogP contribution in [0.2, 0.25) is 0 Å². The van der Waals surface area contributed by atoms with Crippen LogP contribution in [0.4, 0.5) is 5.13 Å². The summed E-state index contributed by atoms with van der Waals surface area (Å²) in [6, 6.07) is 11.4. The highest BCUT2D eigenvalue weighted by Gasteiger charge is 2.11. The maximum Gasteiger partial charge on any atom is 0.250 e. The Labute approximate surface area is 194 Å². The van der Waals surface area contributed by atoms with Gasteiger partial charge in [-0.15, -0.1) is 11.3 Å². The second-order valence-corrected chi connectivity index (χ2v) is 8.00. The van der Waals surface area contributed by atoms with E-state index in [0.717, 1.165) is 27.0 Å². The first-order valence-corrected chi connectivity index (χ1v) is 11.4. The quantitative estimate of drug-likeness (QED) is 0.361. The molecule has 162 valence electrons. The molecule has 1 amide bonds. The van der Waals surface area contributed by atoms with Gasteiger partial charge in [-0.05, 0) is 77.8 Å². The van der Waals surface area contributed by atoms with Gasteiger partial charge in [0, 0.05) is 17.0 Å². The first kappa shape index (κ1) is 22.8. The van der Waals surface area contributed by atoms with E-state index < -0.39 is 0 Å². The lowest BCUT2D eigenvalue weighted by atomic mass is 10.2. The molecule has 0 unspecified atom stereocenters. The molecular formula is C23H23BrN2O4S. The lowest BCUT2D eigenvalue weighted by Crippen LogP contribution is -2.07. The molecule has 0 saturated heterocycles. The van der Waals surface area contributed by atoms with Crippen LogP contribution in [0.3, 0.4) is 0 Å². The highest BCUT2D eigenvalue weighted by atomic mass is 79.9. The number of carbonyl (C=O) groups is 1. The third-order valence-electron chi connectivity index (χ3n) is 4.16. The predicted octanol–water partition coefficient (Wildman–Crippen LogP) is 6.03. The molecule has 0 bridgehead atoms. The monoisotopic (exact) mass is 502 g/mol. The smallest absolute Gasteiger partial charge is 0.250 e. The van der Waals surface area contributed by atoms with Gasteiger partial charge in [0.2, 0.25) is 5.91 Å². The number of amides is 1. The van der Waals surface area contributed by atoms with E-state index in [9.17, 15) is 4.79 Å². The van der Waals surface area contributed by atoms with Gasteiger partial charge >= 0.3 is 0 Å². The Bertz CT molecular complexity index is 1060. The van der Waals surface area contributed by atoms with E-state index in [2.05, 4.69) is 26.2 Å². The summed E-state index contributed by atoms with van der Waals surface area (Å²) < 4.78 is 17.2. The Kier molecular flexibility index (Phi) is 8.08. The van der Waals surface area contributed by atoms with Gasteiger partial charge in [0.15, 0.2) is 16.6 Å². The van der Waals surface area contributed by atoms with Crippen LogP contribution in [0.1, 0.15) is 19.4 Å². The molecule has 0 saturated carbocycles. The second kappa shape index (κ2) is 11.0. The number of carbonyl (C=O) groups excluding carboxylic acids is 1. The van der Waals surface area contributed by atoms with E-state index in [0.29, 0.717) is 29.8 Å². The van der Waals surface area contributed by atoms with Crippen molar-refractivity contribution in [1.82, 2.24) is 4.98 Å². The van der Waals surface area contributed by atoms with E-state index >= 15 is 0 Å². The Hall–Kier alpha value is -2.84. The number of hydrogen-bond donors (Lipinski definition) is 1. The zero-order valence-corrected chi connectivity index (χ0v) is 19.9. The van der Waals surface area contributed by atoms with Gasteiger partial charge in [0.1, 0.15) is 5.75 Å². The lowest BCUT2D eigenvalue weighted by Gasteiger charge is -2.12. The fourth-order valence-corrected chi connectivity index (χ4v) is 4.09. The third kappa shape index (κ3) is 6.08. The van der Waals surface area contributed by atoms with E-state index in [-0.39, 0.29) is 5.91 Å². The van der Waals surface area contributed by atoms with Crippen LogP contribution in [0.25, 0.3) is 17.3 Å². The van der Waals surface area contributed by atoms with Crippen LogP contribution in [-0.4, -0.2) is 31.2 Å². The largest absolute Gasteiger partial charge is 0.494 e. The molecule has 0 aliphatic heterocycles. The van der Waals surface area contributed by atoms with Crippen molar-refractivity contribution in [3.05, 3.63) is 57.9 Å². The highest BCUT2D eigenvalue weighted by Crippen LogP contribution is 2.37. The van der Waals surface area contributed by atoms with Crippen LogP contribution in [0.5, 0.6) is 17.2 Å². The molecule has 0 radical (unpaired) electrons. The van der Waals surface area contributed by atoms with Gasteiger partial charge in [-0.2, -0.15) is 0 Å². The topological polar surface area (TPSA) is 69.7 Å². The molecule has 1 aromatic heterocycles. The van der Waals surface area contributed by atoms with E-state index in [1.54, 1.807) is 13.2 Å². The van der Waals surface area contributed by atoms with Crippen LogP contribution in [0.15, 0.2) is 52.3 Å². The lowest BCUT2D eigenvalue weighted by molar-refractivity contribution is -0.111. The molecule has 2 aromatic carbocycles. The van der Waals surface area contributed by atoms with Gasteiger partial charge in [0.25, 0.3) is 0 Å². The van der Waals surface area contributed by atoms with Crippen LogP contribution >= 0.6 is 27.3 Å². The molecule has 1 N–H and O–H groups in total. The molecule has 1 heterocycles. The van der Waals surface area contributed by atoms with Gasteiger partial charge in [0.05, 0.1) is 30.5 Å². The van der Waals surface area contributed by atoms with Crippen molar-refractivity contribution in [1.29, 1.82) is 0 Å². The second-order valence-electron chi connectivity index (χ2n) is 6.28. The molecule has 3 rings (SSSR count). The van der Waals surface area contributed by atoms with Crippen molar-refractivity contribution in [2.75, 3.05) is 25.6 Å². The van der Waals surface area contributed by atoms with Crippen molar-refractivity contribution in [2.24, 2.45) is 0 Å². The molecule has 31 heavy (non-hydrogen) atoms. The minimum Gasteiger partial charge on any atom is -0.494 e. The summed E-state index contributed by atoms with van der Waals surface area (Å²) in [6.07, 6.45) is 3.17. The zero-order valence-electron chi connectivity index (χ0n) is 17.5. The summed E-state index contributed by atoms with van der Waals surface area (Å²) >= 11 is 4.86. The Balaban J connectivity index is 1.66. The van der Waals surface area contributed by atoms with Crippen molar-refractivity contribution in [3.63, 3.8) is 0 Å². The maximum absolute atomic E-state index is 12.3. The predicted molar refractivity (Wildman–Crippen MR) is 128 cm³/mol. The summed E-state index contributed by atoms with van der Waals surface area (Å²) in [5.41, 5.74) is 2.56. The standard InChI is InChI=1S/C23H23BrN2O4S/c1-4-29-17-9-7-16(8-10-17)19-14-31-23(25-19)26-21(27)11-6-15-12-18(24)22(30-5-2)20(13-15)28-3/h6-14H,4-5H2,1-3H3,(H,25,26,27)/b11-6+. The van der Waals surface area contributed by atoms with Crippen molar-refractivity contribution in [2.45, 2.75) is 13.8 Å². The van der Waals surface area contributed by atoms with Crippen molar-refractivity contribution < 1.29 is 19.0 Å². The highest BCUT2D eigenvalue weighted by molar-refractivity contribution is 9.10. The number of halogens is 1. The number of ether oxygens (including phenoxy) is 3. The molecule has 3 aromatic rings. The van der Waals surface area contributed by atoms with Crippen LogP contribution in [-0.2, 0) is 4.79 Å². The number of methoxy groups -OCH3 is 1.